The lowest BCUT2D eigenvalue weighted by atomic mass is 10.2. The number of aromatic nitrogens is 2. The van der Waals surface area contributed by atoms with E-state index in [1.165, 1.54) is 28.7 Å². The number of carbonyl (C=O) groups excluding carboxylic acids is 1. The van der Waals surface area contributed by atoms with Crippen LogP contribution < -0.4 is 15.4 Å². The zero-order valence-corrected chi connectivity index (χ0v) is 15.8. The van der Waals surface area contributed by atoms with Gasteiger partial charge < -0.3 is 15.4 Å². The monoisotopic (exact) mass is 386 g/mol. The van der Waals surface area contributed by atoms with Crippen molar-refractivity contribution >= 4 is 39.8 Å². The highest BCUT2D eigenvalue weighted by molar-refractivity contribution is 8.01. The highest BCUT2D eigenvalue weighted by Crippen LogP contribution is 2.26. The van der Waals surface area contributed by atoms with Crippen molar-refractivity contribution in [3.8, 4) is 5.75 Å². The molecule has 1 heterocycles. The number of thioether (sulfide) groups is 1. The van der Waals surface area contributed by atoms with Crippen molar-refractivity contribution in [2.45, 2.75) is 10.9 Å². The van der Waals surface area contributed by atoms with E-state index < -0.39 is 0 Å². The third kappa shape index (κ3) is 5.47. The van der Waals surface area contributed by atoms with Crippen LogP contribution >= 0.6 is 23.1 Å². The van der Waals surface area contributed by atoms with Gasteiger partial charge in [-0.2, -0.15) is 0 Å². The summed E-state index contributed by atoms with van der Waals surface area (Å²) in [6.07, 6.45) is 0. The van der Waals surface area contributed by atoms with Crippen LogP contribution in [0.15, 0.2) is 58.9 Å². The summed E-state index contributed by atoms with van der Waals surface area (Å²) < 4.78 is 5.89. The van der Waals surface area contributed by atoms with E-state index in [1.54, 1.807) is 13.2 Å². The highest BCUT2D eigenvalue weighted by Gasteiger charge is 2.09. The van der Waals surface area contributed by atoms with E-state index >= 15 is 0 Å². The Labute approximate surface area is 160 Å². The molecule has 0 aliphatic carbocycles. The van der Waals surface area contributed by atoms with Crippen molar-refractivity contribution in [3.05, 3.63) is 60.2 Å². The van der Waals surface area contributed by atoms with Crippen LogP contribution in [-0.2, 0) is 11.3 Å². The Morgan fingerprint density at radius 2 is 2.00 bits per heavy atom. The summed E-state index contributed by atoms with van der Waals surface area (Å²) in [5, 5.41) is 15.0. The lowest BCUT2D eigenvalue weighted by Gasteiger charge is -2.06. The number of ether oxygens (including phenoxy) is 1. The van der Waals surface area contributed by atoms with Gasteiger partial charge in [-0.05, 0) is 17.7 Å². The van der Waals surface area contributed by atoms with Crippen LogP contribution in [0.2, 0.25) is 0 Å². The number of benzene rings is 2. The molecule has 0 bridgehead atoms. The molecule has 0 fully saturated rings. The number of anilines is 2. The molecule has 26 heavy (non-hydrogen) atoms. The molecule has 1 aromatic heterocycles. The smallest absolute Gasteiger partial charge is 0.234 e. The van der Waals surface area contributed by atoms with Crippen LogP contribution in [-0.4, -0.2) is 29.0 Å². The molecule has 8 heteroatoms. The van der Waals surface area contributed by atoms with E-state index in [1.807, 2.05) is 48.5 Å². The molecule has 0 spiro atoms. The summed E-state index contributed by atoms with van der Waals surface area (Å²) in [5.41, 5.74) is 1.88. The fourth-order valence-corrected chi connectivity index (χ4v) is 3.69. The second-order valence-corrected chi connectivity index (χ2v) is 7.48. The third-order valence-electron chi connectivity index (χ3n) is 3.37. The third-order valence-corrected chi connectivity index (χ3v) is 5.39. The number of amides is 1. The number of rotatable bonds is 8. The van der Waals surface area contributed by atoms with E-state index in [2.05, 4.69) is 20.8 Å². The zero-order valence-electron chi connectivity index (χ0n) is 14.1. The van der Waals surface area contributed by atoms with Crippen molar-refractivity contribution in [1.82, 2.24) is 10.2 Å². The summed E-state index contributed by atoms with van der Waals surface area (Å²) in [7, 11) is 1.59. The Hall–Kier alpha value is -2.58. The van der Waals surface area contributed by atoms with E-state index in [9.17, 15) is 4.79 Å². The van der Waals surface area contributed by atoms with Gasteiger partial charge in [0.05, 0.1) is 12.9 Å². The first-order chi connectivity index (χ1) is 12.7. The second kappa shape index (κ2) is 9.21. The molecule has 2 N–H and O–H groups in total. The van der Waals surface area contributed by atoms with Crippen molar-refractivity contribution in [3.63, 3.8) is 0 Å². The number of methoxy groups -OCH3 is 1. The van der Waals surface area contributed by atoms with Gasteiger partial charge in [0.25, 0.3) is 0 Å². The van der Waals surface area contributed by atoms with Gasteiger partial charge in [-0.1, -0.05) is 59.5 Å². The Morgan fingerprint density at radius 3 is 2.81 bits per heavy atom. The van der Waals surface area contributed by atoms with Crippen LogP contribution in [0.5, 0.6) is 5.75 Å². The van der Waals surface area contributed by atoms with E-state index in [0.717, 1.165) is 9.47 Å². The average Bonchev–Trinajstić information content (AvgIpc) is 3.14. The summed E-state index contributed by atoms with van der Waals surface area (Å²) in [4.78, 5) is 12.1. The number of nitrogens with one attached hydrogen (secondary N) is 2. The summed E-state index contributed by atoms with van der Waals surface area (Å²) in [5.74, 6) is 0.871. The van der Waals surface area contributed by atoms with Crippen molar-refractivity contribution in [2.75, 3.05) is 23.5 Å². The second-order valence-electron chi connectivity index (χ2n) is 5.28. The minimum Gasteiger partial charge on any atom is -0.497 e. The maximum Gasteiger partial charge on any atom is 0.234 e. The summed E-state index contributed by atoms with van der Waals surface area (Å²) in [6.45, 7) is 0.691. The molecule has 0 aliphatic heterocycles. The highest BCUT2D eigenvalue weighted by atomic mass is 32.2. The first-order valence-electron chi connectivity index (χ1n) is 7.91. The molecule has 0 radical (unpaired) electrons. The Morgan fingerprint density at radius 1 is 1.15 bits per heavy atom. The number of hydrogen-bond acceptors (Lipinski definition) is 7. The van der Waals surface area contributed by atoms with Crippen molar-refractivity contribution < 1.29 is 9.53 Å². The molecule has 0 aliphatic rings. The van der Waals surface area contributed by atoms with Crippen molar-refractivity contribution in [2.24, 2.45) is 0 Å². The number of carbonyl (C=O) groups is 1. The molecule has 1 amide bonds. The largest absolute Gasteiger partial charge is 0.497 e. The lowest BCUT2D eigenvalue weighted by molar-refractivity contribution is -0.113. The van der Waals surface area contributed by atoms with Crippen LogP contribution in [0.3, 0.4) is 0 Å². The van der Waals surface area contributed by atoms with Crippen molar-refractivity contribution in [1.29, 1.82) is 0 Å². The van der Waals surface area contributed by atoms with Gasteiger partial charge >= 0.3 is 0 Å². The van der Waals surface area contributed by atoms with E-state index in [-0.39, 0.29) is 11.7 Å². The quantitative estimate of drug-likeness (QED) is 0.572. The van der Waals surface area contributed by atoms with Crippen LogP contribution in [0.4, 0.5) is 10.8 Å². The van der Waals surface area contributed by atoms with Gasteiger partial charge in [0, 0.05) is 18.3 Å². The molecule has 0 unspecified atom stereocenters. The molecule has 3 rings (SSSR count). The number of nitrogens with zero attached hydrogens (tertiary/aromatic N) is 2. The minimum atomic E-state index is -0.0998. The molecule has 0 saturated carbocycles. The van der Waals surface area contributed by atoms with Crippen LogP contribution in [0, 0.1) is 0 Å². The standard InChI is InChI=1S/C18H18N4O2S2/c1-24-15-9-5-8-14(10-15)20-16(23)12-25-18-22-21-17(26-18)19-11-13-6-3-2-4-7-13/h2-10H,11-12H2,1H3,(H,19,21)(H,20,23). The predicted octanol–water partition coefficient (Wildman–Crippen LogP) is 3.89. The molecular formula is C18H18N4O2S2. The maximum absolute atomic E-state index is 12.1. The fourth-order valence-electron chi connectivity index (χ4n) is 2.14. The first-order valence-corrected chi connectivity index (χ1v) is 9.71. The van der Waals surface area contributed by atoms with Gasteiger partial charge in [-0.3, -0.25) is 4.79 Å². The van der Waals surface area contributed by atoms with Gasteiger partial charge in [0.15, 0.2) is 4.34 Å². The molecule has 0 atom stereocenters. The van der Waals surface area contributed by atoms with Gasteiger partial charge in [0.1, 0.15) is 5.75 Å². The van der Waals surface area contributed by atoms with E-state index in [0.29, 0.717) is 18.0 Å². The van der Waals surface area contributed by atoms with Gasteiger partial charge in [-0.15, -0.1) is 10.2 Å². The minimum absolute atomic E-state index is 0.0998. The lowest BCUT2D eigenvalue weighted by Crippen LogP contribution is -2.13. The summed E-state index contributed by atoms with van der Waals surface area (Å²) in [6, 6.07) is 17.3. The summed E-state index contributed by atoms with van der Waals surface area (Å²) >= 11 is 2.80. The Balaban J connectivity index is 1.46. The molecular weight excluding hydrogens is 368 g/mol. The SMILES string of the molecule is COc1cccc(NC(=O)CSc2nnc(NCc3ccccc3)s2)c1. The Kier molecular flexibility index (Phi) is 6.45. The molecule has 6 nitrogen and oxygen atoms in total. The average molecular weight is 387 g/mol. The molecule has 3 aromatic rings. The molecule has 0 saturated heterocycles. The Bertz CT molecular complexity index is 855. The van der Waals surface area contributed by atoms with Gasteiger partial charge in [0.2, 0.25) is 11.0 Å². The molecule has 2 aromatic carbocycles. The number of hydrogen-bond donors (Lipinski definition) is 2. The topological polar surface area (TPSA) is 76.1 Å². The normalized spacial score (nSPS) is 10.3. The predicted molar refractivity (Wildman–Crippen MR) is 106 cm³/mol. The van der Waals surface area contributed by atoms with Gasteiger partial charge in [-0.25, -0.2) is 0 Å². The zero-order chi connectivity index (χ0) is 18.2. The van der Waals surface area contributed by atoms with Crippen LogP contribution in [0.25, 0.3) is 0 Å². The van der Waals surface area contributed by atoms with E-state index in [4.69, 9.17) is 4.74 Å². The first kappa shape index (κ1) is 18.2. The fraction of sp³-hybridized carbons (Fsp3) is 0.167. The molecule has 134 valence electrons. The van der Waals surface area contributed by atoms with Crippen LogP contribution in [0.1, 0.15) is 5.56 Å². The maximum atomic E-state index is 12.1.